The Bertz CT molecular complexity index is 660. The van der Waals surface area contributed by atoms with Gasteiger partial charge in [0.25, 0.3) is 5.91 Å². The van der Waals surface area contributed by atoms with Crippen LogP contribution in [0.3, 0.4) is 0 Å². The van der Waals surface area contributed by atoms with Crippen molar-refractivity contribution in [2.45, 2.75) is 38.6 Å². The highest BCUT2D eigenvalue weighted by atomic mass is 16.5. The van der Waals surface area contributed by atoms with Gasteiger partial charge in [0.15, 0.2) is 6.61 Å². The Labute approximate surface area is 154 Å². The van der Waals surface area contributed by atoms with Crippen LogP contribution in [0.1, 0.15) is 43.0 Å². The molecule has 1 aromatic rings. The molecule has 0 saturated heterocycles. The lowest BCUT2D eigenvalue weighted by molar-refractivity contribution is -0.123. The van der Waals surface area contributed by atoms with E-state index in [-0.39, 0.29) is 6.04 Å². The van der Waals surface area contributed by atoms with Gasteiger partial charge in [-0.05, 0) is 37.0 Å². The van der Waals surface area contributed by atoms with Crippen molar-refractivity contribution >= 4 is 23.6 Å². The van der Waals surface area contributed by atoms with Gasteiger partial charge >= 0.3 is 12.0 Å². The van der Waals surface area contributed by atoms with Crippen molar-refractivity contribution in [3.63, 3.8) is 0 Å². The average Bonchev–Trinajstić information content (AvgIpc) is 2.61. The number of nitrogens with zero attached hydrogens (tertiary/aromatic N) is 1. The first kappa shape index (κ1) is 19.8. The predicted molar refractivity (Wildman–Crippen MR) is 99.1 cm³/mol. The van der Waals surface area contributed by atoms with Gasteiger partial charge in [-0.3, -0.25) is 10.1 Å². The summed E-state index contributed by atoms with van der Waals surface area (Å²) in [6.07, 6.45) is 4.24. The number of ether oxygens (including phenoxy) is 1. The van der Waals surface area contributed by atoms with Gasteiger partial charge in [-0.15, -0.1) is 0 Å². The smallest absolute Gasteiger partial charge is 0.338 e. The average molecular weight is 361 g/mol. The van der Waals surface area contributed by atoms with Gasteiger partial charge in [-0.2, -0.15) is 0 Å². The molecule has 1 aromatic carbocycles. The van der Waals surface area contributed by atoms with Gasteiger partial charge in [0.05, 0.1) is 5.56 Å². The highest BCUT2D eigenvalue weighted by Crippen LogP contribution is 2.23. The van der Waals surface area contributed by atoms with Crippen LogP contribution in [0.2, 0.25) is 0 Å². The minimum absolute atomic E-state index is 0.0767. The number of rotatable bonds is 5. The number of hydrogen-bond donors (Lipinski definition) is 2. The largest absolute Gasteiger partial charge is 0.452 e. The third-order valence-corrected chi connectivity index (χ3v) is 4.61. The molecular weight excluding hydrogens is 334 g/mol. The Morgan fingerprint density at radius 2 is 1.92 bits per heavy atom. The van der Waals surface area contributed by atoms with Crippen molar-refractivity contribution in [3.8, 4) is 0 Å². The fraction of sp³-hybridized carbons (Fsp3) is 0.526. The molecule has 1 aliphatic carbocycles. The molecule has 1 saturated carbocycles. The number of amides is 3. The van der Waals surface area contributed by atoms with E-state index in [2.05, 4.69) is 17.6 Å². The maximum absolute atomic E-state index is 12.0. The van der Waals surface area contributed by atoms with E-state index < -0.39 is 24.5 Å². The summed E-state index contributed by atoms with van der Waals surface area (Å²) in [5.41, 5.74) is 1.20. The molecule has 2 N–H and O–H groups in total. The van der Waals surface area contributed by atoms with Crippen molar-refractivity contribution in [2.24, 2.45) is 5.92 Å². The van der Waals surface area contributed by atoms with E-state index >= 15 is 0 Å². The minimum Gasteiger partial charge on any atom is -0.452 e. The van der Waals surface area contributed by atoms with Gasteiger partial charge in [-0.25, -0.2) is 9.59 Å². The number of urea groups is 1. The van der Waals surface area contributed by atoms with Gasteiger partial charge < -0.3 is 15.0 Å². The third-order valence-electron chi connectivity index (χ3n) is 4.61. The van der Waals surface area contributed by atoms with Gasteiger partial charge in [0.1, 0.15) is 0 Å². The zero-order valence-electron chi connectivity index (χ0n) is 15.6. The Hall–Kier alpha value is -2.57. The SMILES string of the molecule is C[C@@H]1CCCC[C@H]1NC(=O)NC(=O)COC(=O)c1cccc(N(C)C)c1. The summed E-state index contributed by atoms with van der Waals surface area (Å²) < 4.78 is 4.99. The number of imide groups is 1. The van der Waals surface area contributed by atoms with E-state index in [4.69, 9.17) is 4.74 Å². The maximum atomic E-state index is 12.0. The lowest BCUT2D eigenvalue weighted by Gasteiger charge is -2.29. The van der Waals surface area contributed by atoms with E-state index in [9.17, 15) is 14.4 Å². The summed E-state index contributed by atoms with van der Waals surface area (Å²) in [5, 5.41) is 5.03. The van der Waals surface area contributed by atoms with Gasteiger partial charge in [0.2, 0.25) is 0 Å². The molecule has 2 rings (SSSR count). The number of anilines is 1. The van der Waals surface area contributed by atoms with E-state index in [0.717, 1.165) is 24.9 Å². The standard InChI is InChI=1S/C19H27N3O4/c1-13-7-4-5-10-16(13)20-19(25)21-17(23)12-26-18(24)14-8-6-9-15(11-14)22(2)3/h6,8-9,11,13,16H,4-5,7,10,12H2,1-3H3,(H2,20,21,23,25)/t13-,16-/m1/s1. The van der Waals surface area contributed by atoms with Crippen LogP contribution < -0.4 is 15.5 Å². The summed E-state index contributed by atoms with van der Waals surface area (Å²) in [6, 6.07) is 6.43. The second kappa shape index (κ2) is 9.22. The van der Waals surface area contributed by atoms with E-state index in [1.54, 1.807) is 18.2 Å². The molecule has 0 bridgehead atoms. The van der Waals surface area contributed by atoms with E-state index in [0.29, 0.717) is 11.5 Å². The van der Waals surface area contributed by atoms with Gasteiger partial charge in [-0.1, -0.05) is 25.8 Å². The zero-order chi connectivity index (χ0) is 19.1. The van der Waals surface area contributed by atoms with Crippen molar-refractivity contribution < 1.29 is 19.1 Å². The molecule has 1 aliphatic rings. The molecular formula is C19H27N3O4. The molecule has 142 valence electrons. The maximum Gasteiger partial charge on any atom is 0.338 e. The van der Waals surface area contributed by atoms with Crippen molar-refractivity contribution in [1.29, 1.82) is 0 Å². The van der Waals surface area contributed by atoms with Crippen LogP contribution in [0.5, 0.6) is 0 Å². The first-order valence-electron chi connectivity index (χ1n) is 8.91. The summed E-state index contributed by atoms with van der Waals surface area (Å²) in [5.74, 6) is -0.861. The topological polar surface area (TPSA) is 87.7 Å². The number of hydrogen-bond acceptors (Lipinski definition) is 5. The number of benzene rings is 1. The van der Waals surface area contributed by atoms with Gasteiger partial charge in [0, 0.05) is 25.8 Å². The Morgan fingerprint density at radius 1 is 1.19 bits per heavy atom. The minimum atomic E-state index is -0.650. The predicted octanol–water partition coefficient (Wildman–Crippen LogP) is 2.31. The third kappa shape index (κ3) is 5.75. The summed E-state index contributed by atoms with van der Waals surface area (Å²) >= 11 is 0. The Morgan fingerprint density at radius 3 is 2.62 bits per heavy atom. The number of nitrogens with one attached hydrogen (secondary N) is 2. The molecule has 1 fully saturated rings. The van der Waals surface area contributed by atoms with Crippen LogP contribution in [-0.4, -0.2) is 44.7 Å². The van der Waals surface area contributed by atoms with Crippen molar-refractivity contribution in [1.82, 2.24) is 10.6 Å². The lowest BCUT2D eigenvalue weighted by Crippen LogP contribution is -2.48. The molecule has 7 heteroatoms. The number of carbonyl (C=O) groups excluding carboxylic acids is 3. The van der Waals surface area contributed by atoms with E-state index in [1.165, 1.54) is 6.42 Å². The monoisotopic (exact) mass is 361 g/mol. The van der Waals surface area contributed by atoms with Crippen LogP contribution in [0.15, 0.2) is 24.3 Å². The molecule has 3 amide bonds. The molecule has 0 aliphatic heterocycles. The second-order valence-corrected chi connectivity index (χ2v) is 6.91. The Kier molecular flexibility index (Phi) is 7.00. The van der Waals surface area contributed by atoms with Crippen LogP contribution in [-0.2, 0) is 9.53 Å². The summed E-state index contributed by atoms with van der Waals surface area (Å²) in [4.78, 5) is 37.7. The van der Waals surface area contributed by atoms with Crippen LogP contribution in [0.25, 0.3) is 0 Å². The molecule has 7 nitrogen and oxygen atoms in total. The highest BCUT2D eigenvalue weighted by Gasteiger charge is 2.23. The normalized spacial score (nSPS) is 19.3. The number of esters is 1. The molecule has 26 heavy (non-hydrogen) atoms. The highest BCUT2D eigenvalue weighted by molar-refractivity contribution is 5.97. The van der Waals surface area contributed by atoms with Crippen molar-refractivity contribution in [2.75, 3.05) is 25.6 Å². The molecule has 0 radical (unpaired) electrons. The Balaban J connectivity index is 1.78. The molecule has 2 atom stereocenters. The summed E-state index contributed by atoms with van der Waals surface area (Å²) in [6.45, 7) is 1.59. The first-order valence-corrected chi connectivity index (χ1v) is 8.91. The first-order chi connectivity index (χ1) is 12.4. The fourth-order valence-electron chi connectivity index (χ4n) is 3.02. The van der Waals surface area contributed by atoms with Crippen LogP contribution in [0, 0.1) is 5.92 Å². The molecule has 0 spiro atoms. The molecule has 0 unspecified atom stereocenters. The summed E-state index contributed by atoms with van der Waals surface area (Å²) in [7, 11) is 3.73. The number of carbonyl (C=O) groups is 3. The molecule has 0 heterocycles. The van der Waals surface area contributed by atoms with Crippen LogP contribution in [0.4, 0.5) is 10.5 Å². The second-order valence-electron chi connectivity index (χ2n) is 6.91. The fourth-order valence-corrected chi connectivity index (χ4v) is 3.02. The molecule has 0 aromatic heterocycles. The lowest BCUT2D eigenvalue weighted by atomic mass is 9.86. The quantitative estimate of drug-likeness (QED) is 0.786. The van der Waals surface area contributed by atoms with Crippen LogP contribution >= 0.6 is 0 Å². The van der Waals surface area contributed by atoms with Crippen molar-refractivity contribution in [3.05, 3.63) is 29.8 Å². The zero-order valence-corrected chi connectivity index (χ0v) is 15.6. The van der Waals surface area contributed by atoms with E-state index in [1.807, 2.05) is 25.1 Å².